The van der Waals surface area contributed by atoms with Gasteiger partial charge in [-0.1, -0.05) is 152 Å². The number of hydrogen-bond donors (Lipinski definition) is 0. The molecule has 0 saturated carbocycles. The van der Waals surface area contributed by atoms with Gasteiger partial charge in [0.25, 0.3) is 0 Å². The predicted octanol–water partition coefficient (Wildman–Crippen LogP) is 13.7. The van der Waals surface area contributed by atoms with Gasteiger partial charge in [-0.2, -0.15) is 0 Å². The maximum absolute atomic E-state index is 9.07. The summed E-state index contributed by atoms with van der Waals surface area (Å²) in [5.41, 5.74) is 7.66. The first-order chi connectivity index (χ1) is 30.2. The highest BCUT2D eigenvalue weighted by atomic mass is 32.1. The van der Waals surface area contributed by atoms with Crippen LogP contribution in [-0.2, 0) is 0 Å². The van der Waals surface area contributed by atoms with E-state index in [9.17, 15) is 0 Å². The second-order valence-corrected chi connectivity index (χ2v) is 14.6. The summed E-state index contributed by atoms with van der Waals surface area (Å²) in [4.78, 5) is 15.3. The van der Waals surface area contributed by atoms with Gasteiger partial charge < -0.3 is 4.57 Å². The van der Waals surface area contributed by atoms with Gasteiger partial charge in [0.05, 0.1) is 24.9 Å². The second-order valence-electron chi connectivity index (χ2n) is 13.5. The van der Waals surface area contributed by atoms with Crippen LogP contribution in [0.5, 0.6) is 0 Å². The van der Waals surface area contributed by atoms with Crippen LogP contribution in [0.15, 0.2) is 194 Å². The number of aromatic nitrogens is 4. The molecule has 0 fully saturated rings. The molecule has 0 amide bonds. The largest absolute Gasteiger partial charge is 0.309 e. The van der Waals surface area contributed by atoms with Gasteiger partial charge in [-0.3, -0.25) is 0 Å². The molecule has 11 aromatic rings. The third-order valence-corrected chi connectivity index (χ3v) is 11.4. The van der Waals surface area contributed by atoms with Crippen LogP contribution in [-0.4, -0.2) is 19.5 Å². The van der Waals surface area contributed by atoms with E-state index in [4.69, 9.17) is 23.2 Å². The monoisotopic (exact) mass is 738 g/mol. The molecule has 262 valence electrons. The van der Waals surface area contributed by atoms with Crippen molar-refractivity contribution in [2.45, 2.75) is 0 Å². The number of nitrogens with zero attached hydrogens (tertiary/aromatic N) is 4. The molecule has 5 heteroatoms. The molecule has 8 aromatic carbocycles. The number of thiophene rings is 1. The van der Waals surface area contributed by atoms with Crippen molar-refractivity contribution in [2.24, 2.45) is 0 Å². The molecule has 0 spiro atoms. The topological polar surface area (TPSA) is 43.6 Å². The van der Waals surface area contributed by atoms with Gasteiger partial charge in [0.2, 0.25) is 0 Å². The van der Waals surface area contributed by atoms with Crippen LogP contribution in [0.4, 0.5) is 0 Å². The Morgan fingerprint density at radius 1 is 0.411 bits per heavy atom. The number of fused-ring (bicyclic) bond motifs is 6. The smallest absolute Gasteiger partial charge is 0.166 e. The first kappa shape index (κ1) is 26.5. The number of para-hydroxylation sites is 3. The summed E-state index contributed by atoms with van der Waals surface area (Å²) >= 11 is 1.78. The molecular weight excluding hydrogens is 701 g/mol. The molecule has 0 bridgehead atoms. The lowest BCUT2D eigenvalue weighted by atomic mass is 9.99. The Bertz CT molecular complexity index is 3530. The van der Waals surface area contributed by atoms with Crippen LogP contribution in [0.3, 0.4) is 0 Å². The molecule has 3 aromatic heterocycles. The molecule has 0 radical (unpaired) electrons. The van der Waals surface area contributed by atoms with Crippen LogP contribution in [0.25, 0.3) is 104 Å². The molecule has 0 aliphatic heterocycles. The van der Waals surface area contributed by atoms with Crippen molar-refractivity contribution in [3.8, 4) is 62.1 Å². The van der Waals surface area contributed by atoms with Gasteiger partial charge in [0.15, 0.2) is 17.5 Å². The first-order valence-electron chi connectivity index (χ1n) is 21.3. The Balaban J connectivity index is 1.11. The molecule has 11 rings (SSSR count). The Labute approximate surface area is 336 Å². The zero-order valence-corrected chi connectivity index (χ0v) is 30.5. The minimum absolute atomic E-state index is 0.0410. The maximum atomic E-state index is 9.07. The summed E-state index contributed by atoms with van der Waals surface area (Å²) in [6.45, 7) is 0. The molecule has 0 unspecified atom stereocenters. The van der Waals surface area contributed by atoms with E-state index in [2.05, 4.69) is 72.8 Å². The van der Waals surface area contributed by atoms with Crippen LogP contribution in [0.2, 0.25) is 0 Å². The molecular formula is C51H32N4S. The number of hydrogen-bond acceptors (Lipinski definition) is 4. The van der Waals surface area contributed by atoms with Crippen LogP contribution >= 0.6 is 11.3 Å². The summed E-state index contributed by atoms with van der Waals surface area (Å²) in [5.74, 6) is 1.25. The summed E-state index contributed by atoms with van der Waals surface area (Å²) in [6, 6.07) is 50.8. The zero-order valence-electron chi connectivity index (χ0n) is 35.7. The highest BCUT2D eigenvalue weighted by Crippen LogP contribution is 2.42. The van der Waals surface area contributed by atoms with Crippen molar-refractivity contribution in [1.82, 2.24) is 19.5 Å². The summed E-state index contributed by atoms with van der Waals surface area (Å²) in [6.07, 6.45) is 0. The lowest BCUT2D eigenvalue weighted by Crippen LogP contribution is -2.03. The predicted molar refractivity (Wildman–Crippen MR) is 234 cm³/mol. The van der Waals surface area contributed by atoms with E-state index in [0.717, 1.165) is 22.3 Å². The van der Waals surface area contributed by atoms with E-state index < -0.39 is 0 Å². The molecule has 3 heterocycles. The molecule has 0 atom stereocenters. The van der Waals surface area contributed by atoms with E-state index >= 15 is 0 Å². The maximum Gasteiger partial charge on any atom is 0.166 e. The third-order valence-electron chi connectivity index (χ3n) is 10.2. The van der Waals surface area contributed by atoms with E-state index in [1.807, 2.05) is 72.8 Å². The van der Waals surface area contributed by atoms with Crippen LogP contribution in [0, 0.1) is 0 Å². The Hall–Kier alpha value is -7.21. The minimum atomic E-state index is -0.173. The standard InChI is InChI=1S/C51H32N4S/c1-3-15-33(16-4-1)35-29-30-47-43(32-35)41-25-14-24-38(48(41)56-47)36-19-13-20-37(31-36)50-52-49(34-17-5-2-6-18-34)53-51(54-50)42-23-9-12-28-46(42)55-44-26-10-7-21-39(44)40-22-8-11-27-45(40)55/h1-32H/i7D,8D,21D,22D,26D,27D. The SMILES string of the molecule is [2H]c1cc([2H])c2c(c1[2H])c1c([2H])c([2H])cc([2H])c1n2-c1ccccc1-c1nc(-c2ccccc2)nc(-c2cccc(-c3cccc4c3sc3ccc(-c5ccccc5)cc34)c2)n1. The van der Waals surface area contributed by atoms with Crippen molar-refractivity contribution in [3.05, 3.63) is 194 Å². The zero-order chi connectivity index (χ0) is 42.2. The first-order valence-corrected chi connectivity index (χ1v) is 19.1. The van der Waals surface area contributed by atoms with Crippen molar-refractivity contribution in [3.63, 3.8) is 0 Å². The van der Waals surface area contributed by atoms with Crippen LogP contribution < -0.4 is 0 Å². The second kappa shape index (κ2) is 13.3. The Morgan fingerprint density at radius 3 is 1.79 bits per heavy atom. The van der Waals surface area contributed by atoms with Gasteiger partial charge in [-0.05, 0) is 64.7 Å². The van der Waals surface area contributed by atoms with Gasteiger partial charge in [0.1, 0.15) is 0 Å². The third kappa shape index (κ3) is 5.40. The number of benzene rings is 8. The highest BCUT2D eigenvalue weighted by Gasteiger charge is 2.19. The molecule has 4 nitrogen and oxygen atoms in total. The molecule has 0 aliphatic carbocycles. The lowest BCUT2D eigenvalue weighted by Gasteiger charge is -2.14. The fraction of sp³-hybridized carbons (Fsp3) is 0. The van der Waals surface area contributed by atoms with Gasteiger partial charge in [-0.25, -0.2) is 15.0 Å². The fourth-order valence-electron chi connectivity index (χ4n) is 7.62. The normalized spacial score (nSPS) is 13.1. The van der Waals surface area contributed by atoms with Crippen molar-refractivity contribution in [2.75, 3.05) is 0 Å². The average molecular weight is 739 g/mol. The van der Waals surface area contributed by atoms with E-state index in [1.54, 1.807) is 15.9 Å². The van der Waals surface area contributed by atoms with Crippen molar-refractivity contribution >= 4 is 53.3 Å². The molecule has 0 aliphatic rings. The molecule has 0 saturated heterocycles. The quantitative estimate of drug-likeness (QED) is 0.171. The van der Waals surface area contributed by atoms with E-state index in [-0.39, 0.29) is 58.1 Å². The van der Waals surface area contributed by atoms with Crippen molar-refractivity contribution < 1.29 is 8.22 Å². The summed E-state index contributed by atoms with van der Waals surface area (Å²) in [7, 11) is 0. The molecule has 0 N–H and O–H groups in total. The van der Waals surface area contributed by atoms with Crippen LogP contribution in [0.1, 0.15) is 8.22 Å². The van der Waals surface area contributed by atoms with Gasteiger partial charge >= 0.3 is 0 Å². The molecule has 56 heavy (non-hydrogen) atoms. The minimum Gasteiger partial charge on any atom is -0.309 e. The van der Waals surface area contributed by atoms with Crippen molar-refractivity contribution in [1.29, 1.82) is 0 Å². The Kier molecular flexibility index (Phi) is 6.29. The Morgan fingerprint density at radius 2 is 1.02 bits per heavy atom. The van der Waals surface area contributed by atoms with Gasteiger partial charge in [-0.15, -0.1) is 11.3 Å². The summed E-state index contributed by atoms with van der Waals surface area (Å²) in [5, 5.41) is 2.78. The fourth-order valence-corrected chi connectivity index (χ4v) is 8.84. The summed E-state index contributed by atoms with van der Waals surface area (Å²) < 4.78 is 57.0. The highest BCUT2D eigenvalue weighted by molar-refractivity contribution is 7.26. The van der Waals surface area contributed by atoms with E-state index in [1.165, 1.54) is 43.4 Å². The number of rotatable bonds is 6. The van der Waals surface area contributed by atoms with E-state index in [0.29, 0.717) is 28.7 Å². The average Bonchev–Trinajstić information content (AvgIpc) is 3.88. The lowest BCUT2D eigenvalue weighted by molar-refractivity contribution is 1.06. The van der Waals surface area contributed by atoms with Gasteiger partial charge in [0, 0.05) is 47.6 Å².